The maximum Gasteiger partial charge on any atom is 0.261 e. The fourth-order valence-electron chi connectivity index (χ4n) is 2.67. The van der Waals surface area contributed by atoms with Gasteiger partial charge in [-0.05, 0) is 59.5 Å². The molecule has 1 fully saturated rings. The van der Waals surface area contributed by atoms with Crippen LogP contribution in [-0.4, -0.2) is 24.0 Å². The zero-order valence-corrected chi connectivity index (χ0v) is 12.5. The standard InChI is InChI=1S/C16H18N2O2S/c17-13-3-5-14(6-4-13)20-10-16(19)18-8-1-2-15(18)12-7-9-21-11-12/h3-7,9,11,15H,1-2,8,10,17H2. The molecule has 5 heteroatoms. The molecule has 4 nitrogen and oxygen atoms in total. The topological polar surface area (TPSA) is 55.6 Å². The van der Waals surface area contributed by atoms with Crippen molar-refractivity contribution in [1.29, 1.82) is 0 Å². The molecule has 2 aromatic rings. The number of likely N-dealkylation sites (tertiary alicyclic amines) is 1. The Bertz CT molecular complexity index is 595. The summed E-state index contributed by atoms with van der Waals surface area (Å²) in [6.45, 7) is 0.884. The highest BCUT2D eigenvalue weighted by Crippen LogP contribution is 2.33. The third kappa shape index (κ3) is 3.19. The molecular weight excluding hydrogens is 284 g/mol. The lowest BCUT2D eigenvalue weighted by Gasteiger charge is -2.24. The summed E-state index contributed by atoms with van der Waals surface area (Å²) in [5.74, 6) is 0.712. The van der Waals surface area contributed by atoms with Gasteiger partial charge in [-0.25, -0.2) is 0 Å². The Hall–Kier alpha value is -2.01. The normalized spacial score (nSPS) is 17.9. The molecule has 1 aromatic carbocycles. The Labute approximate surface area is 128 Å². The van der Waals surface area contributed by atoms with E-state index >= 15 is 0 Å². The summed E-state index contributed by atoms with van der Waals surface area (Å²) in [6, 6.07) is 9.40. The van der Waals surface area contributed by atoms with Crippen molar-refractivity contribution in [3.8, 4) is 5.75 Å². The van der Waals surface area contributed by atoms with E-state index in [9.17, 15) is 4.79 Å². The van der Waals surface area contributed by atoms with E-state index in [4.69, 9.17) is 10.5 Å². The zero-order valence-electron chi connectivity index (χ0n) is 11.7. The summed E-state index contributed by atoms with van der Waals surface area (Å²) < 4.78 is 5.56. The number of benzene rings is 1. The Kier molecular flexibility index (Phi) is 4.10. The summed E-state index contributed by atoms with van der Waals surface area (Å²) >= 11 is 1.67. The highest BCUT2D eigenvalue weighted by Gasteiger charge is 2.30. The molecule has 0 aliphatic carbocycles. The second-order valence-corrected chi connectivity index (χ2v) is 5.94. The van der Waals surface area contributed by atoms with Crippen LogP contribution in [0, 0.1) is 0 Å². The first-order chi connectivity index (χ1) is 10.2. The second-order valence-electron chi connectivity index (χ2n) is 5.16. The first-order valence-electron chi connectivity index (χ1n) is 7.04. The van der Waals surface area contributed by atoms with Gasteiger partial charge in [0.25, 0.3) is 5.91 Å². The van der Waals surface area contributed by atoms with Crippen molar-refractivity contribution >= 4 is 22.9 Å². The predicted molar refractivity (Wildman–Crippen MR) is 84.4 cm³/mol. The highest BCUT2D eigenvalue weighted by molar-refractivity contribution is 7.07. The molecule has 0 radical (unpaired) electrons. The monoisotopic (exact) mass is 302 g/mol. The van der Waals surface area contributed by atoms with E-state index in [1.54, 1.807) is 35.6 Å². The Morgan fingerprint density at radius 2 is 2.14 bits per heavy atom. The van der Waals surface area contributed by atoms with Gasteiger partial charge >= 0.3 is 0 Å². The van der Waals surface area contributed by atoms with Crippen LogP contribution in [0.3, 0.4) is 0 Å². The van der Waals surface area contributed by atoms with Crippen molar-refractivity contribution in [3.63, 3.8) is 0 Å². The minimum absolute atomic E-state index is 0.0422. The number of rotatable bonds is 4. The van der Waals surface area contributed by atoms with Crippen LogP contribution in [0.25, 0.3) is 0 Å². The van der Waals surface area contributed by atoms with Crippen molar-refractivity contribution in [3.05, 3.63) is 46.7 Å². The third-order valence-electron chi connectivity index (χ3n) is 3.74. The fourth-order valence-corrected chi connectivity index (χ4v) is 3.38. The first-order valence-corrected chi connectivity index (χ1v) is 7.98. The first kappa shape index (κ1) is 13.9. The molecule has 1 atom stereocenters. The number of amides is 1. The van der Waals surface area contributed by atoms with Crippen LogP contribution in [0.1, 0.15) is 24.4 Å². The fraction of sp³-hybridized carbons (Fsp3) is 0.312. The Balaban J connectivity index is 1.61. The van der Waals surface area contributed by atoms with Gasteiger partial charge in [0.1, 0.15) is 5.75 Å². The van der Waals surface area contributed by atoms with Crippen LogP contribution in [0.5, 0.6) is 5.75 Å². The van der Waals surface area contributed by atoms with Gasteiger partial charge in [0.15, 0.2) is 6.61 Å². The van der Waals surface area contributed by atoms with Crippen LogP contribution in [0.2, 0.25) is 0 Å². The SMILES string of the molecule is Nc1ccc(OCC(=O)N2CCCC2c2ccsc2)cc1. The molecule has 0 bridgehead atoms. The third-order valence-corrected chi connectivity index (χ3v) is 4.44. The number of ether oxygens (including phenoxy) is 1. The van der Waals surface area contributed by atoms with Crippen molar-refractivity contribution in [2.45, 2.75) is 18.9 Å². The zero-order chi connectivity index (χ0) is 14.7. The van der Waals surface area contributed by atoms with Crippen LogP contribution in [0.15, 0.2) is 41.1 Å². The minimum atomic E-state index is 0.0422. The number of carbonyl (C=O) groups is 1. The van der Waals surface area contributed by atoms with Gasteiger partial charge < -0.3 is 15.4 Å². The molecule has 3 rings (SSSR count). The van der Waals surface area contributed by atoms with E-state index in [0.29, 0.717) is 11.4 Å². The highest BCUT2D eigenvalue weighted by atomic mass is 32.1. The van der Waals surface area contributed by atoms with Gasteiger partial charge in [0, 0.05) is 12.2 Å². The summed E-state index contributed by atoms with van der Waals surface area (Å²) in [7, 11) is 0. The molecular formula is C16H18N2O2S. The number of thiophene rings is 1. The van der Waals surface area contributed by atoms with E-state index < -0.39 is 0 Å². The summed E-state index contributed by atoms with van der Waals surface area (Å²) in [5, 5.41) is 4.18. The van der Waals surface area contributed by atoms with E-state index in [2.05, 4.69) is 16.8 Å². The van der Waals surface area contributed by atoms with E-state index in [1.807, 2.05) is 4.90 Å². The van der Waals surface area contributed by atoms with E-state index in [0.717, 1.165) is 19.4 Å². The average Bonchev–Trinajstić information content (AvgIpc) is 3.16. The smallest absolute Gasteiger partial charge is 0.261 e. The van der Waals surface area contributed by atoms with Crippen LogP contribution < -0.4 is 10.5 Å². The van der Waals surface area contributed by atoms with Crippen LogP contribution >= 0.6 is 11.3 Å². The number of nitrogens with two attached hydrogens (primary N) is 1. The number of nitrogens with zero attached hydrogens (tertiary/aromatic N) is 1. The molecule has 1 aromatic heterocycles. The molecule has 0 spiro atoms. The van der Waals surface area contributed by atoms with Crippen molar-refractivity contribution in [1.82, 2.24) is 4.90 Å². The maximum atomic E-state index is 12.4. The lowest BCUT2D eigenvalue weighted by atomic mass is 10.1. The van der Waals surface area contributed by atoms with Gasteiger partial charge in [-0.3, -0.25) is 4.79 Å². The average molecular weight is 302 g/mol. The van der Waals surface area contributed by atoms with E-state index in [1.165, 1.54) is 5.56 Å². The molecule has 2 N–H and O–H groups in total. The number of anilines is 1. The molecule has 21 heavy (non-hydrogen) atoms. The molecule has 1 amide bonds. The maximum absolute atomic E-state index is 12.4. The predicted octanol–water partition coefficient (Wildman–Crippen LogP) is 3.07. The lowest BCUT2D eigenvalue weighted by molar-refractivity contribution is -0.134. The molecule has 0 saturated carbocycles. The Morgan fingerprint density at radius 3 is 2.86 bits per heavy atom. The summed E-state index contributed by atoms with van der Waals surface area (Å²) in [6.07, 6.45) is 2.08. The molecule has 1 saturated heterocycles. The molecule has 110 valence electrons. The second kappa shape index (κ2) is 6.18. The number of carbonyl (C=O) groups excluding carboxylic acids is 1. The molecule has 1 aliphatic heterocycles. The molecule has 1 aliphatic rings. The number of hydrogen-bond acceptors (Lipinski definition) is 4. The van der Waals surface area contributed by atoms with Crippen molar-refractivity contribution < 1.29 is 9.53 Å². The summed E-state index contributed by atoms with van der Waals surface area (Å²) in [5.41, 5.74) is 7.55. The van der Waals surface area contributed by atoms with Gasteiger partial charge in [-0.1, -0.05) is 0 Å². The lowest BCUT2D eigenvalue weighted by Crippen LogP contribution is -2.34. The minimum Gasteiger partial charge on any atom is -0.484 e. The van der Waals surface area contributed by atoms with Gasteiger partial charge in [0.2, 0.25) is 0 Å². The van der Waals surface area contributed by atoms with Crippen molar-refractivity contribution in [2.24, 2.45) is 0 Å². The van der Waals surface area contributed by atoms with Crippen molar-refractivity contribution in [2.75, 3.05) is 18.9 Å². The number of hydrogen-bond donors (Lipinski definition) is 1. The van der Waals surface area contributed by atoms with Crippen LogP contribution in [0.4, 0.5) is 5.69 Å². The van der Waals surface area contributed by atoms with E-state index in [-0.39, 0.29) is 18.6 Å². The number of nitrogen functional groups attached to an aromatic ring is 1. The molecule has 2 heterocycles. The Morgan fingerprint density at radius 1 is 1.33 bits per heavy atom. The quantitative estimate of drug-likeness (QED) is 0.883. The van der Waals surface area contributed by atoms with Gasteiger partial charge in [0.05, 0.1) is 6.04 Å². The summed E-state index contributed by atoms with van der Waals surface area (Å²) in [4.78, 5) is 14.3. The largest absolute Gasteiger partial charge is 0.484 e. The molecule has 1 unspecified atom stereocenters. The van der Waals surface area contributed by atoms with Gasteiger partial charge in [-0.15, -0.1) is 0 Å². The van der Waals surface area contributed by atoms with Crippen LogP contribution in [-0.2, 0) is 4.79 Å². The van der Waals surface area contributed by atoms with Gasteiger partial charge in [-0.2, -0.15) is 11.3 Å².